The number of anilines is 1. The molecule has 0 bridgehead atoms. The van der Waals surface area contributed by atoms with Crippen LogP contribution in [0.5, 0.6) is 0 Å². The maximum absolute atomic E-state index is 12.9. The maximum Gasteiger partial charge on any atom is 0.341 e. The second-order valence-electron chi connectivity index (χ2n) is 7.92. The molecule has 3 heterocycles. The van der Waals surface area contributed by atoms with Crippen LogP contribution in [-0.2, 0) is 22.4 Å². The zero-order valence-corrected chi connectivity index (χ0v) is 21.3. The summed E-state index contributed by atoms with van der Waals surface area (Å²) in [6.45, 7) is 2.07. The molecule has 0 fully saturated rings. The third-order valence-electron chi connectivity index (χ3n) is 5.64. The minimum absolute atomic E-state index is 0.128. The summed E-state index contributed by atoms with van der Waals surface area (Å²) < 4.78 is 6.98. The molecule has 1 N–H and O–H groups in total. The minimum Gasteiger partial charge on any atom is -0.462 e. The van der Waals surface area contributed by atoms with E-state index in [1.165, 1.54) is 29.4 Å². The lowest BCUT2D eigenvalue weighted by atomic mass is 9.95. The average Bonchev–Trinajstić information content (AvgIpc) is 3.45. The topological polar surface area (TPSA) is 99.0 Å². The number of nitrogens with zero attached hydrogens (tertiary/aromatic N) is 4. The van der Waals surface area contributed by atoms with Gasteiger partial charge in [-0.15, -0.1) is 11.3 Å². The summed E-state index contributed by atoms with van der Waals surface area (Å²) in [7, 11) is 0. The normalized spacial score (nSPS) is 13.0. The zero-order chi connectivity index (χ0) is 24.4. The fraction of sp³-hybridized carbons (Fsp3) is 0.292. The Balaban J connectivity index is 1.33. The van der Waals surface area contributed by atoms with Gasteiger partial charge < -0.3 is 10.1 Å². The first-order chi connectivity index (χ1) is 17.0. The fourth-order valence-electron chi connectivity index (χ4n) is 4.08. The highest BCUT2D eigenvalue weighted by atomic mass is 35.5. The van der Waals surface area contributed by atoms with Crippen LogP contribution in [0.3, 0.4) is 0 Å². The summed E-state index contributed by atoms with van der Waals surface area (Å²) in [5.41, 5.74) is 3.00. The van der Waals surface area contributed by atoms with Gasteiger partial charge >= 0.3 is 5.97 Å². The Morgan fingerprint density at radius 2 is 2.00 bits per heavy atom. The first-order valence-corrected chi connectivity index (χ1v) is 13.4. The Morgan fingerprint density at radius 3 is 2.80 bits per heavy atom. The van der Waals surface area contributed by atoms with E-state index in [0.29, 0.717) is 32.9 Å². The first kappa shape index (κ1) is 23.8. The number of aryl methyl sites for hydroxylation is 1. The van der Waals surface area contributed by atoms with Gasteiger partial charge in [0.05, 0.1) is 35.2 Å². The molecule has 3 aromatic heterocycles. The van der Waals surface area contributed by atoms with Crippen molar-refractivity contribution in [3.63, 3.8) is 0 Å². The molecule has 1 amide bonds. The third-order valence-corrected chi connectivity index (χ3v) is 8.11. The van der Waals surface area contributed by atoms with Gasteiger partial charge in [-0.3, -0.25) is 4.79 Å². The van der Waals surface area contributed by atoms with Gasteiger partial charge in [0.25, 0.3) is 0 Å². The monoisotopic (exact) mass is 527 g/mol. The highest BCUT2D eigenvalue weighted by molar-refractivity contribution is 8.00. The minimum atomic E-state index is -0.373. The van der Waals surface area contributed by atoms with Crippen molar-refractivity contribution in [1.29, 1.82) is 0 Å². The van der Waals surface area contributed by atoms with Crippen molar-refractivity contribution in [2.45, 2.75) is 37.6 Å². The Bertz CT molecular complexity index is 1400. The predicted molar refractivity (Wildman–Crippen MR) is 138 cm³/mol. The van der Waals surface area contributed by atoms with Crippen LogP contribution in [-0.4, -0.2) is 44.0 Å². The van der Waals surface area contributed by atoms with Crippen LogP contribution in [0.1, 0.15) is 40.6 Å². The summed E-state index contributed by atoms with van der Waals surface area (Å²) in [5, 5.41) is 10.0. The van der Waals surface area contributed by atoms with Crippen molar-refractivity contribution in [2.75, 3.05) is 17.7 Å². The average molecular weight is 528 g/mol. The van der Waals surface area contributed by atoms with Crippen molar-refractivity contribution in [1.82, 2.24) is 19.7 Å². The lowest BCUT2D eigenvalue weighted by molar-refractivity contribution is -0.113. The van der Waals surface area contributed by atoms with Crippen LogP contribution < -0.4 is 5.32 Å². The Hall–Kier alpha value is -2.95. The van der Waals surface area contributed by atoms with Crippen LogP contribution in [0.2, 0.25) is 5.02 Å². The number of aromatic nitrogens is 4. The third kappa shape index (κ3) is 4.91. The largest absolute Gasteiger partial charge is 0.462 e. The van der Waals surface area contributed by atoms with E-state index in [-0.39, 0.29) is 17.6 Å². The van der Waals surface area contributed by atoms with E-state index in [0.717, 1.165) is 47.2 Å². The number of amides is 1. The van der Waals surface area contributed by atoms with Gasteiger partial charge in [0.15, 0.2) is 5.65 Å². The number of thiophene rings is 1. The zero-order valence-electron chi connectivity index (χ0n) is 18.9. The molecule has 1 aromatic carbocycles. The van der Waals surface area contributed by atoms with E-state index < -0.39 is 0 Å². The summed E-state index contributed by atoms with van der Waals surface area (Å²) in [4.78, 5) is 35.4. The molecule has 8 nitrogen and oxygen atoms in total. The summed E-state index contributed by atoms with van der Waals surface area (Å²) in [6, 6.07) is 7.30. The number of halogens is 1. The van der Waals surface area contributed by atoms with Gasteiger partial charge in [-0.25, -0.2) is 19.4 Å². The van der Waals surface area contributed by atoms with Gasteiger partial charge in [0, 0.05) is 9.90 Å². The summed E-state index contributed by atoms with van der Waals surface area (Å²) in [6.07, 6.45) is 7.03. The summed E-state index contributed by atoms with van der Waals surface area (Å²) >= 11 is 8.77. The van der Waals surface area contributed by atoms with E-state index in [1.54, 1.807) is 29.9 Å². The van der Waals surface area contributed by atoms with Gasteiger partial charge in [0.1, 0.15) is 16.4 Å². The van der Waals surface area contributed by atoms with Crippen LogP contribution in [0.15, 0.2) is 41.8 Å². The molecular formula is C24H22ClN5O3S2. The Labute approximate surface area is 215 Å². The molecular weight excluding hydrogens is 506 g/mol. The molecule has 180 valence electrons. The number of benzene rings is 1. The van der Waals surface area contributed by atoms with Crippen molar-refractivity contribution < 1.29 is 14.3 Å². The van der Waals surface area contributed by atoms with Crippen LogP contribution in [0, 0.1) is 0 Å². The molecule has 1 aliphatic rings. The smallest absolute Gasteiger partial charge is 0.341 e. The molecule has 5 rings (SSSR count). The number of thioether (sulfide) groups is 1. The lowest BCUT2D eigenvalue weighted by Gasteiger charge is -2.12. The molecule has 0 unspecified atom stereocenters. The fourth-order valence-corrected chi connectivity index (χ4v) is 6.26. The number of fused-ring (bicyclic) bond motifs is 2. The second kappa shape index (κ2) is 10.3. The number of nitrogens with one attached hydrogen (secondary N) is 1. The number of carbonyl (C=O) groups excluding carboxylic acids is 2. The van der Waals surface area contributed by atoms with Gasteiger partial charge in [0.2, 0.25) is 5.91 Å². The van der Waals surface area contributed by atoms with E-state index in [1.807, 2.05) is 12.1 Å². The number of rotatable bonds is 7. The van der Waals surface area contributed by atoms with Crippen LogP contribution >= 0.6 is 34.7 Å². The molecule has 0 spiro atoms. The van der Waals surface area contributed by atoms with Gasteiger partial charge in [-0.1, -0.05) is 23.4 Å². The number of hydrogen-bond donors (Lipinski definition) is 1. The van der Waals surface area contributed by atoms with Crippen molar-refractivity contribution in [3.8, 4) is 5.69 Å². The molecule has 0 saturated heterocycles. The number of hydrogen-bond acceptors (Lipinski definition) is 8. The van der Waals surface area contributed by atoms with Crippen LogP contribution in [0.25, 0.3) is 16.7 Å². The van der Waals surface area contributed by atoms with E-state index in [2.05, 4.69) is 20.4 Å². The number of esters is 1. The molecule has 0 aliphatic heterocycles. The number of ether oxygens (including phenoxy) is 1. The van der Waals surface area contributed by atoms with Crippen LogP contribution in [0.4, 0.5) is 5.00 Å². The van der Waals surface area contributed by atoms with Crippen molar-refractivity contribution in [2.24, 2.45) is 0 Å². The molecule has 35 heavy (non-hydrogen) atoms. The van der Waals surface area contributed by atoms with E-state index in [4.69, 9.17) is 16.3 Å². The maximum atomic E-state index is 12.9. The highest BCUT2D eigenvalue weighted by Crippen LogP contribution is 2.39. The Kier molecular flexibility index (Phi) is 7.03. The quantitative estimate of drug-likeness (QED) is 0.197. The van der Waals surface area contributed by atoms with Gasteiger partial charge in [-0.2, -0.15) is 5.10 Å². The molecule has 1 aliphatic carbocycles. The number of carbonyl (C=O) groups is 2. The Morgan fingerprint density at radius 1 is 1.20 bits per heavy atom. The molecule has 4 aromatic rings. The van der Waals surface area contributed by atoms with Crippen molar-refractivity contribution in [3.05, 3.63) is 57.8 Å². The SMILES string of the molecule is CCOC(=O)c1c(NC(=O)CSc2ncnc3c2cnn3-c2ccc(Cl)cc2)sc2c1CCCC2. The second-order valence-corrected chi connectivity index (χ2v) is 10.4. The molecule has 0 saturated carbocycles. The van der Waals surface area contributed by atoms with E-state index in [9.17, 15) is 9.59 Å². The first-order valence-electron chi connectivity index (χ1n) is 11.2. The standard InChI is InChI=1S/C24H22ClN5O3S2/c1-2-33-24(32)20-16-5-3-4-6-18(16)35-23(20)29-19(31)12-34-22-17-11-28-30(21(17)26-13-27-22)15-9-7-14(25)8-10-15/h7-11,13H,2-6,12H2,1H3,(H,29,31). The molecule has 0 radical (unpaired) electrons. The summed E-state index contributed by atoms with van der Waals surface area (Å²) in [5.74, 6) is -0.457. The molecule has 0 atom stereocenters. The highest BCUT2D eigenvalue weighted by Gasteiger charge is 2.27. The lowest BCUT2D eigenvalue weighted by Crippen LogP contribution is -2.17. The van der Waals surface area contributed by atoms with Gasteiger partial charge in [-0.05, 0) is 62.4 Å². The molecule has 11 heteroatoms. The van der Waals surface area contributed by atoms with E-state index >= 15 is 0 Å². The van der Waals surface area contributed by atoms with Crippen molar-refractivity contribution >= 4 is 62.6 Å². The predicted octanol–water partition coefficient (Wildman–Crippen LogP) is 5.32.